The fraction of sp³-hybridized carbons (Fsp3) is 0.417. The predicted molar refractivity (Wildman–Crippen MR) is 59.4 cm³/mol. The minimum Gasteiger partial charge on any atom is -0.327 e. The lowest BCUT2D eigenvalue weighted by Crippen LogP contribution is -2.04. The van der Waals surface area contributed by atoms with E-state index in [0.717, 1.165) is 18.4 Å². The van der Waals surface area contributed by atoms with E-state index in [1.165, 1.54) is 5.52 Å². The largest absolute Gasteiger partial charge is 0.327 e. The molecule has 0 atom stereocenters. The molecule has 1 aromatic heterocycles. The van der Waals surface area contributed by atoms with Gasteiger partial charge in [-0.2, -0.15) is 0 Å². The summed E-state index contributed by atoms with van der Waals surface area (Å²) in [5.74, 6) is 0. The molecule has 0 saturated heterocycles. The van der Waals surface area contributed by atoms with Gasteiger partial charge < -0.3 is 4.57 Å². The van der Waals surface area contributed by atoms with Crippen LogP contribution in [0.15, 0.2) is 30.6 Å². The Morgan fingerprint density at radius 1 is 1.21 bits per heavy atom. The van der Waals surface area contributed by atoms with Gasteiger partial charge in [0.25, 0.3) is 0 Å². The van der Waals surface area contributed by atoms with Crippen LogP contribution in [-0.4, -0.2) is 9.55 Å². The molecule has 2 rings (SSSR count). The number of imidazole rings is 1. The van der Waals surface area contributed by atoms with Crippen molar-refractivity contribution in [3.8, 4) is 0 Å². The molecule has 0 spiro atoms. The van der Waals surface area contributed by atoms with Crippen LogP contribution >= 0.6 is 0 Å². The molecule has 2 aromatic rings. The van der Waals surface area contributed by atoms with Gasteiger partial charge >= 0.3 is 0 Å². The quantitative estimate of drug-likeness (QED) is 0.721. The van der Waals surface area contributed by atoms with Crippen LogP contribution in [0, 0.1) is 0 Å². The van der Waals surface area contributed by atoms with E-state index < -0.39 is 0 Å². The fourth-order valence-electron chi connectivity index (χ4n) is 1.95. The molecule has 74 valence electrons. The molecule has 0 unspecified atom stereocenters. The lowest BCUT2D eigenvalue weighted by Gasteiger charge is -2.14. The van der Waals surface area contributed by atoms with Crippen LogP contribution in [0.25, 0.3) is 11.0 Å². The molecule has 0 N–H and O–H groups in total. The lowest BCUT2D eigenvalue weighted by molar-refractivity contribution is 0.483. The maximum Gasteiger partial charge on any atom is 0.0960 e. The zero-order valence-corrected chi connectivity index (χ0v) is 8.77. The molecule has 0 amide bonds. The molecule has 0 bridgehead atoms. The Hall–Kier alpha value is -1.31. The standard InChI is InChI=1S/C12H16N2/c1-3-10(4-2)14-9-13-11-7-5-6-8-12(11)14/h5-10H,3-4H2,1-2H3. The second kappa shape index (κ2) is 3.82. The number of para-hydroxylation sites is 2. The third-order valence-electron chi connectivity index (χ3n) is 2.82. The Kier molecular flexibility index (Phi) is 2.53. The van der Waals surface area contributed by atoms with Crippen molar-refractivity contribution in [2.45, 2.75) is 32.7 Å². The second-order valence-electron chi connectivity index (χ2n) is 3.61. The summed E-state index contributed by atoms with van der Waals surface area (Å²) in [5, 5.41) is 0. The van der Waals surface area contributed by atoms with Crippen molar-refractivity contribution in [3.63, 3.8) is 0 Å². The summed E-state index contributed by atoms with van der Waals surface area (Å²) in [7, 11) is 0. The van der Waals surface area contributed by atoms with Crippen LogP contribution < -0.4 is 0 Å². The molecular weight excluding hydrogens is 172 g/mol. The number of hydrogen-bond donors (Lipinski definition) is 0. The van der Waals surface area contributed by atoms with Gasteiger partial charge in [0.15, 0.2) is 0 Å². The zero-order valence-electron chi connectivity index (χ0n) is 8.77. The molecule has 0 aliphatic rings. The monoisotopic (exact) mass is 188 g/mol. The Balaban J connectivity index is 2.51. The first kappa shape index (κ1) is 9.25. The smallest absolute Gasteiger partial charge is 0.0960 e. The van der Waals surface area contributed by atoms with Crippen molar-refractivity contribution >= 4 is 11.0 Å². The average Bonchev–Trinajstić information content (AvgIpc) is 2.65. The maximum absolute atomic E-state index is 4.40. The van der Waals surface area contributed by atoms with E-state index >= 15 is 0 Å². The van der Waals surface area contributed by atoms with Crippen molar-refractivity contribution < 1.29 is 0 Å². The van der Waals surface area contributed by atoms with Gasteiger partial charge in [-0.05, 0) is 25.0 Å². The molecule has 0 radical (unpaired) electrons. The molecule has 2 heteroatoms. The molecule has 0 fully saturated rings. The number of rotatable bonds is 3. The molecule has 0 aliphatic carbocycles. The lowest BCUT2D eigenvalue weighted by atomic mass is 10.1. The third-order valence-corrected chi connectivity index (χ3v) is 2.82. The summed E-state index contributed by atoms with van der Waals surface area (Å²) in [4.78, 5) is 4.40. The van der Waals surface area contributed by atoms with Gasteiger partial charge in [0.05, 0.1) is 17.4 Å². The summed E-state index contributed by atoms with van der Waals surface area (Å²) >= 11 is 0. The van der Waals surface area contributed by atoms with Gasteiger partial charge in [0, 0.05) is 6.04 Å². The molecule has 14 heavy (non-hydrogen) atoms. The van der Waals surface area contributed by atoms with Gasteiger partial charge in [-0.1, -0.05) is 26.0 Å². The van der Waals surface area contributed by atoms with Crippen LogP contribution in [0.2, 0.25) is 0 Å². The predicted octanol–water partition coefficient (Wildman–Crippen LogP) is 3.40. The molecule has 2 nitrogen and oxygen atoms in total. The first-order valence-electron chi connectivity index (χ1n) is 5.28. The topological polar surface area (TPSA) is 17.8 Å². The molecular formula is C12H16N2. The summed E-state index contributed by atoms with van der Waals surface area (Å²) < 4.78 is 2.29. The van der Waals surface area contributed by atoms with Crippen LogP contribution in [0.4, 0.5) is 0 Å². The summed E-state index contributed by atoms with van der Waals surface area (Å²) in [6, 6.07) is 8.90. The highest BCUT2D eigenvalue weighted by atomic mass is 15.1. The maximum atomic E-state index is 4.40. The van der Waals surface area contributed by atoms with Crippen LogP contribution in [0.1, 0.15) is 32.7 Å². The third kappa shape index (κ3) is 1.41. The highest BCUT2D eigenvalue weighted by molar-refractivity contribution is 5.75. The van der Waals surface area contributed by atoms with Crippen molar-refractivity contribution in [2.24, 2.45) is 0 Å². The van der Waals surface area contributed by atoms with Gasteiger partial charge in [-0.3, -0.25) is 0 Å². The fourth-order valence-corrected chi connectivity index (χ4v) is 1.95. The van der Waals surface area contributed by atoms with E-state index in [-0.39, 0.29) is 0 Å². The van der Waals surface area contributed by atoms with Crippen LogP contribution in [0.5, 0.6) is 0 Å². The van der Waals surface area contributed by atoms with E-state index in [1.54, 1.807) is 0 Å². The number of aromatic nitrogens is 2. The summed E-state index contributed by atoms with van der Waals surface area (Å²) in [6.45, 7) is 4.45. The molecule has 0 saturated carbocycles. The Bertz CT molecular complexity index is 413. The average molecular weight is 188 g/mol. The molecule has 1 heterocycles. The zero-order chi connectivity index (χ0) is 9.97. The van der Waals surface area contributed by atoms with Crippen LogP contribution in [-0.2, 0) is 0 Å². The first-order valence-corrected chi connectivity index (χ1v) is 5.28. The number of hydrogen-bond acceptors (Lipinski definition) is 1. The Morgan fingerprint density at radius 3 is 2.64 bits per heavy atom. The number of fused-ring (bicyclic) bond motifs is 1. The van der Waals surface area contributed by atoms with Crippen molar-refractivity contribution in [2.75, 3.05) is 0 Å². The highest BCUT2D eigenvalue weighted by Crippen LogP contribution is 2.21. The van der Waals surface area contributed by atoms with E-state index in [4.69, 9.17) is 0 Å². The van der Waals surface area contributed by atoms with E-state index in [1.807, 2.05) is 12.4 Å². The number of benzene rings is 1. The van der Waals surface area contributed by atoms with Gasteiger partial charge in [0.1, 0.15) is 0 Å². The normalized spacial score (nSPS) is 11.4. The summed E-state index contributed by atoms with van der Waals surface area (Å²) in [5.41, 5.74) is 2.35. The highest BCUT2D eigenvalue weighted by Gasteiger charge is 2.08. The summed E-state index contributed by atoms with van der Waals surface area (Å²) in [6.07, 6.45) is 4.29. The van der Waals surface area contributed by atoms with Gasteiger partial charge in [-0.25, -0.2) is 4.98 Å². The Morgan fingerprint density at radius 2 is 1.93 bits per heavy atom. The van der Waals surface area contributed by atoms with Crippen LogP contribution in [0.3, 0.4) is 0 Å². The first-order chi connectivity index (χ1) is 6.86. The van der Waals surface area contributed by atoms with E-state index in [0.29, 0.717) is 6.04 Å². The van der Waals surface area contributed by atoms with Crippen molar-refractivity contribution in [1.29, 1.82) is 0 Å². The van der Waals surface area contributed by atoms with Crippen molar-refractivity contribution in [1.82, 2.24) is 9.55 Å². The van der Waals surface area contributed by atoms with E-state index in [9.17, 15) is 0 Å². The van der Waals surface area contributed by atoms with Gasteiger partial charge in [-0.15, -0.1) is 0 Å². The molecule has 0 aliphatic heterocycles. The van der Waals surface area contributed by atoms with Crippen molar-refractivity contribution in [3.05, 3.63) is 30.6 Å². The second-order valence-corrected chi connectivity index (χ2v) is 3.61. The number of nitrogens with zero attached hydrogens (tertiary/aromatic N) is 2. The molecule has 1 aromatic carbocycles. The SMILES string of the molecule is CCC(CC)n1cnc2ccccc21. The van der Waals surface area contributed by atoms with E-state index in [2.05, 4.69) is 41.6 Å². The Labute approximate surface area is 84.6 Å². The minimum absolute atomic E-state index is 0.586. The minimum atomic E-state index is 0.586. The van der Waals surface area contributed by atoms with Gasteiger partial charge in [0.2, 0.25) is 0 Å².